The number of hydrogen-bond acceptors (Lipinski definition) is 4. The second-order valence-corrected chi connectivity index (χ2v) is 3.27. The number of esters is 1. The van der Waals surface area contributed by atoms with Gasteiger partial charge in [-0.2, -0.15) is 0 Å². The molecule has 0 fully saturated rings. The van der Waals surface area contributed by atoms with Crippen LogP contribution in [0, 0.1) is 0 Å². The Labute approximate surface area is 88.4 Å². The number of nitrogens with zero attached hydrogens (tertiary/aromatic N) is 2. The van der Waals surface area contributed by atoms with E-state index in [1.807, 2.05) is 0 Å². The number of halogens is 2. The van der Waals surface area contributed by atoms with Crippen molar-refractivity contribution in [3.63, 3.8) is 0 Å². The van der Waals surface area contributed by atoms with Crippen LogP contribution < -0.4 is 0 Å². The van der Waals surface area contributed by atoms with E-state index in [0.717, 1.165) is 0 Å². The molecule has 70 valence electrons. The van der Waals surface area contributed by atoms with Crippen LogP contribution in [0.5, 0.6) is 0 Å². The van der Waals surface area contributed by atoms with Crippen LogP contribution in [0.2, 0.25) is 5.15 Å². The third kappa shape index (κ3) is 2.63. The molecule has 0 aliphatic carbocycles. The lowest BCUT2D eigenvalue weighted by molar-refractivity contribution is 0.0512. The molecule has 0 amide bonds. The molecule has 0 aromatic carbocycles. The molecule has 1 aromatic rings. The fourth-order valence-electron chi connectivity index (χ4n) is 0.640. The molecule has 0 saturated heterocycles. The van der Waals surface area contributed by atoms with Crippen molar-refractivity contribution in [3.05, 3.63) is 21.6 Å². The molecule has 0 aliphatic heterocycles. The Hall–Kier alpha value is -0.680. The van der Waals surface area contributed by atoms with E-state index in [1.54, 1.807) is 6.92 Å². The molecule has 0 radical (unpaired) electrons. The van der Waals surface area contributed by atoms with Crippen LogP contribution in [0.4, 0.5) is 0 Å². The molecule has 4 nitrogen and oxygen atoms in total. The maximum absolute atomic E-state index is 11.1. The molecule has 6 heteroatoms. The van der Waals surface area contributed by atoms with Gasteiger partial charge in [0.1, 0.15) is 5.15 Å². The first kappa shape index (κ1) is 10.4. The highest BCUT2D eigenvalue weighted by Gasteiger charge is 2.11. The third-order valence-corrected chi connectivity index (χ3v) is 2.26. The number of carbonyl (C=O) groups is 1. The van der Waals surface area contributed by atoms with Crippen LogP contribution in [0.3, 0.4) is 0 Å². The van der Waals surface area contributed by atoms with Gasteiger partial charge in [0.05, 0.1) is 11.1 Å². The summed E-state index contributed by atoms with van der Waals surface area (Å²) in [5.41, 5.74) is 0. The molecular formula is C7H6BrClN2O2. The van der Waals surface area contributed by atoms with E-state index in [0.29, 0.717) is 4.47 Å². The van der Waals surface area contributed by atoms with Crippen molar-refractivity contribution in [2.75, 3.05) is 6.61 Å². The molecular weight excluding hydrogens is 259 g/mol. The highest BCUT2D eigenvalue weighted by atomic mass is 79.9. The molecule has 0 N–H and O–H groups in total. The monoisotopic (exact) mass is 264 g/mol. The van der Waals surface area contributed by atoms with E-state index in [-0.39, 0.29) is 17.6 Å². The number of ether oxygens (including phenoxy) is 1. The zero-order chi connectivity index (χ0) is 9.84. The molecule has 0 bridgehead atoms. The Kier molecular flexibility index (Phi) is 3.62. The summed E-state index contributed by atoms with van der Waals surface area (Å²) in [6, 6.07) is 0. The fourth-order valence-corrected chi connectivity index (χ4v) is 0.960. The minimum Gasteiger partial charge on any atom is -0.460 e. The van der Waals surface area contributed by atoms with E-state index < -0.39 is 5.97 Å². The summed E-state index contributed by atoms with van der Waals surface area (Å²) in [7, 11) is 0. The first-order chi connectivity index (χ1) is 6.15. The second-order valence-electron chi connectivity index (χ2n) is 2.05. The van der Waals surface area contributed by atoms with Crippen molar-refractivity contribution in [1.82, 2.24) is 9.97 Å². The summed E-state index contributed by atoms with van der Waals surface area (Å²) in [6.45, 7) is 1.99. The molecule has 0 aliphatic rings. The van der Waals surface area contributed by atoms with Gasteiger partial charge in [-0.25, -0.2) is 14.8 Å². The van der Waals surface area contributed by atoms with Crippen molar-refractivity contribution in [1.29, 1.82) is 0 Å². The Morgan fingerprint density at radius 2 is 2.46 bits per heavy atom. The molecule has 1 heterocycles. The van der Waals surface area contributed by atoms with Gasteiger partial charge in [0.25, 0.3) is 0 Å². The smallest absolute Gasteiger partial charge is 0.376 e. The summed E-state index contributed by atoms with van der Waals surface area (Å²) < 4.78 is 5.23. The van der Waals surface area contributed by atoms with E-state index >= 15 is 0 Å². The standard InChI is InChI=1S/C7H6BrClN2O2/c1-2-13-7(12)6-10-3-4(8)5(9)11-6/h3H,2H2,1H3. The first-order valence-corrected chi connectivity index (χ1v) is 4.67. The molecule has 0 unspecified atom stereocenters. The lowest BCUT2D eigenvalue weighted by atomic mass is 10.5. The number of hydrogen-bond donors (Lipinski definition) is 0. The Morgan fingerprint density at radius 1 is 1.77 bits per heavy atom. The molecule has 1 aromatic heterocycles. The lowest BCUT2D eigenvalue weighted by Gasteiger charge is -2.00. The van der Waals surface area contributed by atoms with Crippen LogP contribution in [-0.2, 0) is 4.74 Å². The second kappa shape index (κ2) is 4.53. The Morgan fingerprint density at radius 3 is 3.00 bits per heavy atom. The van der Waals surface area contributed by atoms with Gasteiger partial charge in [0.15, 0.2) is 0 Å². The normalized spacial score (nSPS) is 9.77. The maximum Gasteiger partial charge on any atom is 0.376 e. The van der Waals surface area contributed by atoms with Crippen molar-refractivity contribution < 1.29 is 9.53 Å². The highest BCUT2D eigenvalue weighted by molar-refractivity contribution is 9.10. The topological polar surface area (TPSA) is 52.1 Å². The molecule has 0 saturated carbocycles. The zero-order valence-corrected chi connectivity index (χ0v) is 9.09. The number of rotatable bonds is 2. The summed E-state index contributed by atoms with van der Waals surface area (Å²) in [4.78, 5) is 18.6. The minimum atomic E-state index is -0.572. The summed E-state index contributed by atoms with van der Waals surface area (Å²) in [5, 5.41) is 0.193. The van der Waals surface area contributed by atoms with Gasteiger partial charge in [-0.05, 0) is 22.9 Å². The fraction of sp³-hybridized carbons (Fsp3) is 0.286. The Balaban J connectivity index is 2.90. The maximum atomic E-state index is 11.1. The van der Waals surface area contributed by atoms with Gasteiger partial charge < -0.3 is 4.74 Å². The van der Waals surface area contributed by atoms with Gasteiger partial charge >= 0.3 is 5.97 Å². The van der Waals surface area contributed by atoms with Crippen molar-refractivity contribution in [2.45, 2.75) is 6.92 Å². The first-order valence-electron chi connectivity index (χ1n) is 3.50. The van der Waals surface area contributed by atoms with E-state index in [2.05, 4.69) is 30.6 Å². The summed E-state index contributed by atoms with van der Waals surface area (Å²) >= 11 is 8.76. The number of carbonyl (C=O) groups excluding carboxylic acids is 1. The van der Waals surface area contributed by atoms with Gasteiger partial charge in [-0.1, -0.05) is 11.6 Å². The van der Waals surface area contributed by atoms with Gasteiger partial charge in [-0.3, -0.25) is 0 Å². The van der Waals surface area contributed by atoms with Crippen LogP contribution in [-0.4, -0.2) is 22.5 Å². The predicted molar refractivity (Wildman–Crippen MR) is 50.7 cm³/mol. The number of aromatic nitrogens is 2. The zero-order valence-electron chi connectivity index (χ0n) is 6.75. The van der Waals surface area contributed by atoms with Crippen LogP contribution in [0.1, 0.15) is 17.5 Å². The minimum absolute atomic E-state index is 0.0324. The van der Waals surface area contributed by atoms with Crippen LogP contribution >= 0.6 is 27.5 Å². The Bertz CT molecular complexity index is 332. The molecule has 1 rings (SSSR count). The molecule has 13 heavy (non-hydrogen) atoms. The molecule has 0 atom stereocenters. The van der Waals surface area contributed by atoms with Crippen molar-refractivity contribution >= 4 is 33.5 Å². The van der Waals surface area contributed by atoms with Crippen LogP contribution in [0.25, 0.3) is 0 Å². The van der Waals surface area contributed by atoms with Gasteiger partial charge in [0, 0.05) is 6.20 Å². The van der Waals surface area contributed by atoms with Crippen molar-refractivity contribution in [3.8, 4) is 0 Å². The largest absolute Gasteiger partial charge is 0.460 e. The van der Waals surface area contributed by atoms with Crippen LogP contribution in [0.15, 0.2) is 10.7 Å². The van der Waals surface area contributed by atoms with Crippen molar-refractivity contribution in [2.24, 2.45) is 0 Å². The van der Waals surface area contributed by atoms with E-state index in [1.165, 1.54) is 6.20 Å². The molecule has 0 spiro atoms. The van der Waals surface area contributed by atoms with E-state index in [4.69, 9.17) is 11.6 Å². The summed E-state index contributed by atoms with van der Waals surface area (Å²) in [5.74, 6) is -0.605. The quantitative estimate of drug-likeness (QED) is 0.607. The lowest BCUT2D eigenvalue weighted by Crippen LogP contribution is -2.09. The third-order valence-electron chi connectivity index (χ3n) is 1.16. The highest BCUT2D eigenvalue weighted by Crippen LogP contribution is 2.18. The van der Waals surface area contributed by atoms with Gasteiger partial charge in [-0.15, -0.1) is 0 Å². The SMILES string of the molecule is CCOC(=O)c1ncc(Br)c(Cl)n1. The van der Waals surface area contributed by atoms with E-state index in [9.17, 15) is 4.79 Å². The average molecular weight is 265 g/mol. The predicted octanol–water partition coefficient (Wildman–Crippen LogP) is 2.07. The summed E-state index contributed by atoms with van der Waals surface area (Å²) in [6.07, 6.45) is 1.40. The average Bonchev–Trinajstić information content (AvgIpc) is 2.10. The van der Waals surface area contributed by atoms with Gasteiger partial charge in [0.2, 0.25) is 5.82 Å².